The van der Waals surface area contributed by atoms with Crippen molar-refractivity contribution in [2.24, 2.45) is 10.2 Å². The quantitative estimate of drug-likeness (QED) is 0.0847. The normalized spacial score (nSPS) is 11.2. The van der Waals surface area contributed by atoms with Gasteiger partial charge in [0.1, 0.15) is 0 Å². The minimum atomic E-state index is -0.298. The van der Waals surface area contributed by atoms with E-state index in [9.17, 15) is 9.59 Å². The number of ether oxygens (including phenoxy) is 1. The Hall–Kier alpha value is -2.82. The summed E-state index contributed by atoms with van der Waals surface area (Å²) in [5.74, 6) is -0.191. The number of azo groups is 1. The Bertz CT molecular complexity index is 904. The number of esters is 1. The molecule has 196 valence electrons. The number of carbonyl (C=O) groups excluding carboxylic acids is 2. The van der Waals surface area contributed by atoms with Gasteiger partial charge in [-0.3, -0.25) is 4.79 Å². The maximum atomic E-state index is 12.3. The smallest absolute Gasteiger partial charge is 0.338 e. The fourth-order valence-electron chi connectivity index (χ4n) is 4.07. The third kappa shape index (κ3) is 12.2. The second-order valence-electron chi connectivity index (χ2n) is 9.45. The zero-order chi connectivity index (χ0) is 25.8. The lowest BCUT2D eigenvalue weighted by Gasteiger charge is -2.05. The van der Waals surface area contributed by atoms with E-state index in [1.165, 1.54) is 70.6 Å². The summed E-state index contributed by atoms with van der Waals surface area (Å²) in [6.07, 6.45) is 17.3. The highest BCUT2D eigenvalue weighted by molar-refractivity contribution is 5.96. The Labute approximate surface area is 217 Å². The third-order valence-corrected chi connectivity index (χ3v) is 6.38. The molecule has 0 bridgehead atoms. The zero-order valence-corrected chi connectivity index (χ0v) is 22.3. The molecular weight excluding hydrogens is 448 g/mol. The number of benzene rings is 2. The summed E-state index contributed by atoms with van der Waals surface area (Å²) >= 11 is 0. The van der Waals surface area contributed by atoms with Gasteiger partial charge in [-0.2, -0.15) is 10.2 Å². The van der Waals surface area contributed by atoms with Crippen LogP contribution in [-0.2, 0) is 4.74 Å². The van der Waals surface area contributed by atoms with E-state index in [4.69, 9.17) is 4.74 Å². The summed E-state index contributed by atoms with van der Waals surface area (Å²) in [5.41, 5.74) is 2.52. The molecule has 5 heteroatoms. The van der Waals surface area contributed by atoms with Gasteiger partial charge in [0.25, 0.3) is 0 Å². The van der Waals surface area contributed by atoms with Crippen molar-refractivity contribution >= 4 is 23.1 Å². The van der Waals surface area contributed by atoms with Crippen molar-refractivity contribution in [2.45, 2.75) is 104 Å². The molecule has 2 aromatic carbocycles. The number of rotatable bonds is 19. The molecule has 2 rings (SSSR count). The number of unbranched alkanes of at least 4 members (excludes halogenated alkanes) is 12. The lowest BCUT2D eigenvalue weighted by molar-refractivity contribution is 0.0497. The lowest BCUT2D eigenvalue weighted by Crippen LogP contribution is -2.06. The summed E-state index contributed by atoms with van der Waals surface area (Å²) in [5, 5.41) is 8.40. The first-order valence-corrected chi connectivity index (χ1v) is 14.0. The topological polar surface area (TPSA) is 68.1 Å². The Morgan fingerprint density at radius 3 is 1.44 bits per heavy atom. The Morgan fingerprint density at radius 2 is 1.00 bits per heavy atom. The predicted molar refractivity (Wildman–Crippen MR) is 148 cm³/mol. The van der Waals surface area contributed by atoms with Crippen LogP contribution < -0.4 is 0 Å². The van der Waals surface area contributed by atoms with Gasteiger partial charge in [0.2, 0.25) is 0 Å². The Balaban J connectivity index is 1.55. The number of Topliss-reactive ketones (excluding diaryl/α,β-unsaturated/α-hetero) is 1. The minimum absolute atomic E-state index is 0.107. The van der Waals surface area contributed by atoms with Crippen molar-refractivity contribution in [3.63, 3.8) is 0 Å². The molecule has 0 saturated carbocycles. The van der Waals surface area contributed by atoms with Gasteiger partial charge in [-0.25, -0.2) is 4.79 Å². The second-order valence-corrected chi connectivity index (χ2v) is 9.45. The van der Waals surface area contributed by atoms with Gasteiger partial charge >= 0.3 is 5.97 Å². The average Bonchev–Trinajstić information content (AvgIpc) is 2.92. The molecule has 0 fully saturated rings. The molecule has 0 amide bonds. The summed E-state index contributed by atoms with van der Waals surface area (Å²) < 4.78 is 5.42. The van der Waals surface area contributed by atoms with Gasteiger partial charge < -0.3 is 4.74 Å². The summed E-state index contributed by atoms with van der Waals surface area (Å²) in [4.78, 5) is 24.0. The van der Waals surface area contributed by atoms with Crippen LogP contribution in [0.3, 0.4) is 0 Å². The molecular formula is C31H44N2O3. The molecule has 0 aromatic heterocycles. The maximum Gasteiger partial charge on any atom is 0.338 e. The van der Waals surface area contributed by atoms with E-state index in [0.29, 0.717) is 35.5 Å². The van der Waals surface area contributed by atoms with Crippen molar-refractivity contribution in [3.8, 4) is 0 Å². The van der Waals surface area contributed by atoms with Crippen LogP contribution in [0, 0.1) is 0 Å². The van der Waals surface area contributed by atoms with Crippen LogP contribution in [0.2, 0.25) is 0 Å². The Kier molecular flexibility index (Phi) is 15.1. The molecule has 0 spiro atoms. The molecule has 0 aliphatic heterocycles. The number of hydrogen-bond acceptors (Lipinski definition) is 5. The highest BCUT2D eigenvalue weighted by Gasteiger charge is 2.07. The number of ketones is 1. The van der Waals surface area contributed by atoms with E-state index in [0.717, 1.165) is 12.8 Å². The predicted octanol–water partition coefficient (Wildman–Crippen LogP) is 9.94. The van der Waals surface area contributed by atoms with Crippen LogP contribution in [0.4, 0.5) is 11.4 Å². The van der Waals surface area contributed by atoms with Crippen LogP contribution >= 0.6 is 0 Å². The zero-order valence-electron chi connectivity index (χ0n) is 22.3. The van der Waals surface area contributed by atoms with E-state index >= 15 is 0 Å². The molecule has 5 nitrogen and oxygen atoms in total. The highest BCUT2D eigenvalue weighted by atomic mass is 16.5. The van der Waals surface area contributed by atoms with Gasteiger partial charge in [-0.1, -0.05) is 90.9 Å². The fraction of sp³-hybridized carbons (Fsp3) is 0.548. The van der Waals surface area contributed by atoms with Crippen LogP contribution in [-0.4, -0.2) is 18.4 Å². The van der Waals surface area contributed by atoms with Gasteiger partial charge in [0.15, 0.2) is 5.78 Å². The van der Waals surface area contributed by atoms with Gasteiger partial charge in [0.05, 0.1) is 23.5 Å². The largest absolute Gasteiger partial charge is 0.462 e. The van der Waals surface area contributed by atoms with E-state index in [1.54, 1.807) is 48.5 Å². The first-order valence-electron chi connectivity index (χ1n) is 14.0. The van der Waals surface area contributed by atoms with E-state index in [-0.39, 0.29) is 11.8 Å². The molecule has 0 saturated heterocycles. The van der Waals surface area contributed by atoms with Crippen molar-refractivity contribution in [3.05, 3.63) is 59.7 Å². The first-order chi connectivity index (χ1) is 17.6. The molecule has 36 heavy (non-hydrogen) atoms. The van der Waals surface area contributed by atoms with Gasteiger partial charge in [0, 0.05) is 12.0 Å². The van der Waals surface area contributed by atoms with Gasteiger partial charge in [-0.15, -0.1) is 0 Å². The van der Waals surface area contributed by atoms with Crippen LogP contribution in [0.5, 0.6) is 0 Å². The summed E-state index contributed by atoms with van der Waals surface area (Å²) in [7, 11) is 0. The molecule has 0 radical (unpaired) electrons. The molecule has 0 aliphatic carbocycles. The standard InChI is InChI=1S/C31H44N2O3/c1-3-5-6-7-8-9-10-11-12-13-14-15-16-25-36-31(35)27-19-23-29(24-20-27)33-32-28-21-17-26(18-22-28)30(34)4-2/h17-24H,3-16,25H2,1-2H3. The van der Waals surface area contributed by atoms with Crippen molar-refractivity contribution in [2.75, 3.05) is 6.61 Å². The maximum absolute atomic E-state index is 12.3. The number of carbonyl (C=O) groups is 2. The summed E-state index contributed by atoms with van der Waals surface area (Å²) in [6, 6.07) is 14.0. The molecule has 0 aliphatic rings. The number of nitrogens with zero attached hydrogens (tertiary/aromatic N) is 2. The minimum Gasteiger partial charge on any atom is -0.462 e. The van der Waals surface area contributed by atoms with Crippen molar-refractivity contribution in [1.82, 2.24) is 0 Å². The van der Waals surface area contributed by atoms with E-state index in [1.807, 2.05) is 6.92 Å². The molecule has 0 atom stereocenters. The molecule has 0 N–H and O–H groups in total. The monoisotopic (exact) mass is 492 g/mol. The van der Waals surface area contributed by atoms with E-state index < -0.39 is 0 Å². The molecule has 0 heterocycles. The second kappa shape index (κ2) is 18.4. The molecule has 0 unspecified atom stereocenters. The van der Waals surface area contributed by atoms with Crippen LogP contribution in [0.15, 0.2) is 58.8 Å². The average molecular weight is 493 g/mol. The van der Waals surface area contributed by atoms with Gasteiger partial charge in [-0.05, 0) is 55.0 Å². The Morgan fingerprint density at radius 1 is 0.583 bits per heavy atom. The third-order valence-electron chi connectivity index (χ3n) is 6.38. The van der Waals surface area contributed by atoms with Crippen LogP contribution in [0.1, 0.15) is 124 Å². The number of hydrogen-bond donors (Lipinski definition) is 0. The highest BCUT2D eigenvalue weighted by Crippen LogP contribution is 2.20. The van der Waals surface area contributed by atoms with Crippen molar-refractivity contribution in [1.29, 1.82) is 0 Å². The SMILES string of the molecule is CCCCCCCCCCCCCCCOC(=O)c1ccc(N=Nc2ccc(C(=O)CC)cc2)cc1. The summed E-state index contributed by atoms with van der Waals surface area (Å²) in [6.45, 7) is 4.57. The molecule has 2 aromatic rings. The lowest BCUT2D eigenvalue weighted by atomic mass is 10.0. The van der Waals surface area contributed by atoms with Crippen molar-refractivity contribution < 1.29 is 14.3 Å². The van der Waals surface area contributed by atoms with Crippen LogP contribution in [0.25, 0.3) is 0 Å². The van der Waals surface area contributed by atoms with E-state index in [2.05, 4.69) is 17.2 Å². The first kappa shape index (κ1) is 29.4. The fourth-order valence-corrected chi connectivity index (χ4v) is 4.07.